The molecule has 2 unspecified atom stereocenters. The van der Waals surface area contributed by atoms with Crippen molar-refractivity contribution in [1.29, 1.82) is 0 Å². The fourth-order valence-corrected chi connectivity index (χ4v) is 2.74. The predicted molar refractivity (Wildman–Crippen MR) is 65.6 cm³/mol. The van der Waals surface area contributed by atoms with Crippen LogP contribution in [0.5, 0.6) is 0 Å². The van der Waals surface area contributed by atoms with E-state index in [1.807, 2.05) is 12.1 Å². The molecule has 1 saturated carbocycles. The van der Waals surface area contributed by atoms with Gasteiger partial charge in [-0.15, -0.1) is 0 Å². The molecule has 0 bridgehead atoms. The first-order valence-electron chi connectivity index (χ1n) is 5.26. The lowest BCUT2D eigenvalue weighted by Crippen LogP contribution is -2.48. The summed E-state index contributed by atoms with van der Waals surface area (Å²) in [5.74, 6) is 0.639. The summed E-state index contributed by atoms with van der Waals surface area (Å²) >= 11 is 11.9. The third kappa shape index (κ3) is 1.67. The molecule has 0 radical (unpaired) electrons. The van der Waals surface area contributed by atoms with E-state index in [1.165, 1.54) is 12.0 Å². The summed E-state index contributed by atoms with van der Waals surface area (Å²) < 4.78 is 0. The van der Waals surface area contributed by atoms with E-state index in [-0.39, 0.29) is 5.41 Å². The molecule has 0 spiro atoms. The topological polar surface area (TPSA) is 26.0 Å². The molecule has 1 aliphatic carbocycles. The number of halogens is 2. The molecule has 3 heteroatoms. The van der Waals surface area contributed by atoms with Gasteiger partial charge in [0.15, 0.2) is 0 Å². The van der Waals surface area contributed by atoms with Crippen LogP contribution in [0.3, 0.4) is 0 Å². The van der Waals surface area contributed by atoms with Gasteiger partial charge in [-0.25, -0.2) is 0 Å². The van der Waals surface area contributed by atoms with Crippen molar-refractivity contribution in [3.63, 3.8) is 0 Å². The first-order valence-corrected chi connectivity index (χ1v) is 6.01. The standard InChI is InChI=1S/C12H15Cl2N/c1-8-4-5-12(8,7-15)9-2-3-10(13)11(14)6-9/h2-3,6,8H,4-5,7,15H2,1H3. The summed E-state index contributed by atoms with van der Waals surface area (Å²) in [4.78, 5) is 0. The molecule has 15 heavy (non-hydrogen) atoms. The largest absolute Gasteiger partial charge is 0.330 e. The van der Waals surface area contributed by atoms with Crippen molar-refractivity contribution in [3.05, 3.63) is 33.8 Å². The molecular formula is C12H15Cl2N. The van der Waals surface area contributed by atoms with Crippen LogP contribution in [0, 0.1) is 5.92 Å². The number of rotatable bonds is 2. The molecule has 0 heterocycles. The van der Waals surface area contributed by atoms with Gasteiger partial charge in [0.05, 0.1) is 10.0 Å². The maximum Gasteiger partial charge on any atom is 0.0595 e. The van der Waals surface area contributed by atoms with Crippen molar-refractivity contribution >= 4 is 23.2 Å². The summed E-state index contributed by atoms with van der Waals surface area (Å²) in [6.07, 6.45) is 2.40. The molecule has 0 saturated heterocycles. The van der Waals surface area contributed by atoms with Crippen LogP contribution in [0.15, 0.2) is 18.2 Å². The minimum atomic E-state index is 0.133. The van der Waals surface area contributed by atoms with E-state index in [0.29, 0.717) is 22.5 Å². The summed E-state index contributed by atoms with van der Waals surface area (Å²) in [5.41, 5.74) is 7.27. The van der Waals surface area contributed by atoms with Crippen LogP contribution in [0.4, 0.5) is 0 Å². The van der Waals surface area contributed by atoms with Gasteiger partial charge in [-0.1, -0.05) is 36.2 Å². The lowest BCUT2D eigenvalue weighted by Gasteiger charge is -2.48. The maximum atomic E-state index is 6.03. The first kappa shape index (κ1) is 11.3. The van der Waals surface area contributed by atoms with E-state index in [4.69, 9.17) is 28.9 Å². The summed E-state index contributed by atoms with van der Waals surface area (Å²) in [7, 11) is 0. The highest BCUT2D eigenvalue weighted by atomic mass is 35.5. The van der Waals surface area contributed by atoms with Gasteiger partial charge >= 0.3 is 0 Å². The molecular weight excluding hydrogens is 229 g/mol. The van der Waals surface area contributed by atoms with E-state index < -0.39 is 0 Å². The fraction of sp³-hybridized carbons (Fsp3) is 0.500. The Morgan fingerprint density at radius 2 is 2.13 bits per heavy atom. The van der Waals surface area contributed by atoms with Crippen molar-refractivity contribution in [2.75, 3.05) is 6.54 Å². The van der Waals surface area contributed by atoms with Crippen molar-refractivity contribution in [1.82, 2.24) is 0 Å². The summed E-state index contributed by atoms with van der Waals surface area (Å²) in [6, 6.07) is 5.88. The highest BCUT2D eigenvalue weighted by Gasteiger charge is 2.44. The number of hydrogen-bond donors (Lipinski definition) is 1. The zero-order valence-electron chi connectivity index (χ0n) is 8.76. The molecule has 1 nitrogen and oxygen atoms in total. The lowest BCUT2D eigenvalue weighted by atomic mass is 9.57. The zero-order chi connectivity index (χ0) is 11.1. The van der Waals surface area contributed by atoms with Crippen molar-refractivity contribution in [2.24, 2.45) is 11.7 Å². The lowest BCUT2D eigenvalue weighted by molar-refractivity contribution is 0.146. The Morgan fingerprint density at radius 3 is 2.53 bits per heavy atom. The summed E-state index contributed by atoms with van der Waals surface area (Å²) in [6.45, 7) is 2.94. The van der Waals surface area contributed by atoms with Crippen LogP contribution in [-0.4, -0.2) is 6.54 Å². The van der Waals surface area contributed by atoms with Gasteiger partial charge < -0.3 is 5.73 Å². The molecule has 0 aliphatic heterocycles. The third-order valence-electron chi connectivity index (χ3n) is 3.83. The van der Waals surface area contributed by atoms with Crippen LogP contribution >= 0.6 is 23.2 Å². The second-order valence-corrected chi connectivity index (χ2v) is 5.24. The monoisotopic (exact) mass is 243 g/mol. The Balaban J connectivity index is 2.40. The average molecular weight is 244 g/mol. The molecule has 1 aromatic carbocycles. The van der Waals surface area contributed by atoms with E-state index in [9.17, 15) is 0 Å². The SMILES string of the molecule is CC1CCC1(CN)c1ccc(Cl)c(Cl)c1. The van der Waals surface area contributed by atoms with Crippen LogP contribution in [0.1, 0.15) is 25.3 Å². The molecule has 1 aromatic rings. The Kier molecular flexibility index (Phi) is 2.98. The van der Waals surface area contributed by atoms with Crippen LogP contribution < -0.4 is 5.73 Å². The molecule has 0 aromatic heterocycles. The van der Waals surface area contributed by atoms with Gasteiger partial charge in [0.1, 0.15) is 0 Å². The number of nitrogens with two attached hydrogens (primary N) is 1. The van der Waals surface area contributed by atoms with Gasteiger partial charge in [-0.05, 0) is 36.5 Å². The Labute approximate surface area is 101 Å². The van der Waals surface area contributed by atoms with Crippen LogP contribution in [-0.2, 0) is 5.41 Å². The van der Waals surface area contributed by atoms with E-state index in [2.05, 4.69) is 13.0 Å². The van der Waals surface area contributed by atoms with Gasteiger partial charge in [0.25, 0.3) is 0 Å². The highest BCUT2D eigenvalue weighted by molar-refractivity contribution is 6.42. The summed E-state index contributed by atoms with van der Waals surface area (Å²) in [5, 5.41) is 1.24. The van der Waals surface area contributed by atoms with Crippen molar-refractivity contribution in [3.8, 4) is 0 Å². The van der Waals surface area contributed by atoms with E-state index in [0.717, 1.165) is 6.42 Å². The van der Waals surface area contributed by atoms with Gasteiger partial charge in [0.2, 0.25) is 0 Å². The smallest absolute Gasteiger partial charge is 0.0595 e. The van der Waals surface area contributed by atoms with Crippen molar-refractivity contribution < 1.29 is 0 Å². The molecule has 2 rings (SSSR count). The quantitative estimate of drug-likeness (QED) is 0.844. The van der Waals surface area contributed by atoms with Crippen LogP contribution in [0.25, 0.3) is 0 Å². The molecule has 0 amide bonds. The van der Waals surface area contributed by atoms with E-state index >= 15 is 0 Å². The highest BCUT2D eigenvalue weighted by Crippen LogP contribution is 2.48. The van der Waals surface area contributed by atoms with E-state index in [1.54, 1.807) is 0 Å². The minimum absolute atomic E-state index is 0.133. The van der Waals surface area contributed by atoms with Crippen molar-refractivity contribution in [2.45, 2.75) is 25.2 Å². The molecule has 1 fully saturated rings. The van der Waals surface area contributed by atoms with Crippen LogP contribution in [0.2, 0.25) is 10.0 Å². The Bertz CT molecular complexity index is 374. The molecule has 1 aliphatic rings. The average Bonchev–Trinajstić information content (AvgIpc) is 2.22. The normalized spacial score (nSPS) is 30.0. The first-order chi connectivity index (χ1) is 7.10. The maximum absolute atomic E-state index is 6.03. The Morgan fingerprint density at radius 1 is 1.40 bits per heavy atom. The third-order valence-corrected chi connectivity index (χ3v) is 4.56. The molecule has 82 valence electrons. The second kappa shape index (κ2) is 3.97. The van der Waals surface area contributed by atoms with Gasteiger partial charge in [-0.2, -0.15) is 0 Å². The fourth-order valence-electron chi connectivity index (χ4n) is 2.44. The van der Waals surface area contributed by atoms with Gasteiger partial charge in [0, 0.05) is 12.0 Å². The molecule has 2 atom stereocenters. The Hall–Kier alpha value is -0.240. The zero-order valence-corrected chi connectivity index (χ0v) is 10.3. The second-order valence-electron chi connectivity index (χ2n) is 4.43. The van der Waals surface area contributed by atoms with Gasteiger partial charge in [-0.3, -0.25) is 0 Å². The minimum Gasteiger partial charge on any atom is -0.330 e. The molecule has 2 N–H and O–H groups in total. The number of hydrogen-bond acceptors (Lipinski definition) is 1. The predicted octanol–water partition coefficient (Wildman–Crippen LogP) is 3.62. The number of benzene rings is 1.